The van der Waals surface area contributed by atoms with Gasteiger partial charge in [-0.05, 0) is 31.6 Å². The standard InChI is InChI=1S/C15H24N2O2/c1-10-3-5-11(6-4-10)14(18)17-8-12-7-16(2)15(19)13(12)9-17/h10-13H,3-9H2,1-2H3/t10?,11?,12-,13+/m1/s1. The second kappa shape index (κ2) is 4.80. The Morgan fingerprint density at radius 1 is 1.11 bits per heavy atom. The molecule has 3 aliphatic rings. The summed E-state index contributed by atoms with van der Waals surface area (Å²) >= 11 is 0. The first kappa shape index (κ1) is 12.9. The van der Waals surface area contributed by atoms with Gasteiger partial charge in [-0.2, -0.15) is 0 Å². The van der Waals surface area contributed by atoms with Crippen LogP contribution >= 0.6 is 0 Å². The van der Waals surface area contributed by atoms with Gasteiger partial charge < -0.3 is 9.80 Å². The summed E-state index contributed by atoms with van der Waals surface area (Å²) in [5, 5.41) is 0. The summed E-state index contributed by atoms with van der Waals surface area (Å²) < 4.78 is 0. The van der Waals surface area contributed by atoms with Crippen molar-refractivity contribution in [3.05, 3.63) is 0 Å². The zero-order valence-electron chi connectivity index (χ0n) is 12.0. The van der Waals surface area contributed by atoms with Gasteiger partial charge in [0.2, 0.25) is 11.8 Å². The van der Waals surface area contributed by atoms with Crippen LogP contribution < -0.4 is 0 Å². The smallest absolute Gasteiger partial charge is 0.227 e. The van der Waals surface area contributed by atoms with Gasteiger partial charge in [-0.25, -0.2) is 0 Å². The molecule has 1 aliphatic carbocycles. The molecule has 0 N–H and O–H groups in total. The van der Waals surface area contributed by atoms with Crippen LogP contribution in [0.1, 0.15) is 32.6 Å². The number of carbonyl (C=O) groups is 2. The van der Waals surface area contributed by atoms with Crippen LogP contribution in [0.3, 0.4) is 0 Å². The van der Waals surface area contributed by atoms with E-state index in [4.69, 9.17) is 0 Å². The van der Waals surface area contributed by atoms with Crippen LogP contribution in [-0.2, 0) is 9.59 Å². The number of hydrogen-bond donors (Lipinski definition) is 0. The molecule has 4 heteroatoms. The van der Waals surface area contributed by atoms with E-state index in [9.17, 15) is 9.59 Å². The third kappa shape index (κ3) is 2.26. The van der Waals surface area contributed by atoms with E-state index in [0.717, 1.165) is 31.8 Å². The lowest BCUT2D eigenvalue weighted by atomic mass is 9.82. The lowest BCUT2D eigenvalue weighted by Crippen LogP contribution is -2.38. The normalized spacial score (nSPS) is 38.7. The summed E-state index contributed by atoms with van der Waals surface area (Å²) in [7, 11) is 1.87. The first-order valence-electron chi connectivity index (χ1n) is 7.60. The highest BCUT2D eigenvalue weighted by atomic mass is 16.2. The van der Waals surface area contributed by atoms with Gasteiger partial charge in [0.15, 0.2) is 0 Å². The van der Waals surface area contributed by atoms with Gasteiger partial charge in [0.25, 0.3) is 0 Å². The van der Waals surface area contributed by atoms with Gasteiger partial charge in [-0.15, -0.1) is 0 Å². The van der Waals surface area contributed by atoms with Gasteiger partial charge >= 0.3 is 0 Å². The maximum atomic E-state index is 12.5. The lowest BCUT2D eigenvalue weighted by Gasteiger charge is -2.29. The first-order valence-corrected chi connectivity index (χ1v) is 7.60. The fourth-order valence-corrected chi connectivity index (χ4v) is 4.01. The molecule has 0 spiro atoms. The van der Waals surface area contributed by atoms with Crippen molar-refractivity contribution in [2.75, 3.05) is 26.7 Å². The summed E-state index contributed by atoms with van der Waals surface area (Å²) in [6.45, 7) is 4.56. The molecule has 106 valence electrons. The fourth-order valence-electron chi connectivity index (χ4n) is 4.01. The van der Waals surface area contributed by atoms with Crippen molar-refractivity contribution in [2.45, 2.75) is 32.6 Å². The van der Waals surface area contributed by atoms with Crippen molar-refractivity contribution in [3.63, 3.8) is 0 Å². The number of rotatable bonds is 1. The third-order valence-electron chi connectivity index (χ3n) is 5.32. The average Bonchev–Trinajstić information content (AvgIpc) is 2.91. The quantitative estimate of drug-likeness (QED) is 0.717. The molecule has 0 aromatic rings. The molecule has 2 aliphatic heterocycles. The maximum Gasteiger partial charge on any atom is 0.227 e. The second-order valence-corrected chi connectivity index (χ2v) is 6.79. The topological polar surface area (TPSA) is 40.6 Å². The SMILES string of the molecule is CC1CCC(C(=O)N2C[C@H]3CN(C)C(=O)[C@H]3C2)CC1. The molecule has 0 radical (unpaired) electrons. The molecule has 2 saturated heterocycles. The van der Waals surface area contributed by atoms with Crippen molar-refractivity contribution in [1.82, 2.24) is 9.80 Å². The lowest BCUT2D eigenvalue weighted by molar-refractivity contribution is -0.137. The number of likely N-dealkylation sites (tertiary alicyclic amines) is 2. The zero-order valence-corrected chi connectivity index (χ0v) is 12.0. The number of fused-ring (bicyclic) bond motifs is 1. The predicted molar refractivity (Wildman–Crippen MR) is 72.3 cm³/mol. The number of nitrogens with zero attached hydrogens (tertiary/aromatic N) is 2. The van der Waals surface area contributed by atoms with E-state index in [1.165, 1.54) is 12.8 Å². The van der Waals surface area contributed by atoms with Crippen molar-refractivity contribution >= 4 is 11.8 Å². The summed E-state index contributed by atoms with van der Waals surface area (Å²) in [6.07, 6.45) is 4.44. The molecule has 4 nitrogen and oxygen atoms in total. The van der Waals surface area contributed by atoms with Crippen LogP contribution in [0.5, 0.6) is 0 Å². The molecule has 19 heavy (non-hydrogen) atoms. The highest BCUT2D eigenvalue weighted by Crippen LogP contribution is 2.35. The molecule has 0 unspecified atom stereocenters. The third-order valence-corrected chi connectivity index (χ3v) is 5.32. The van der Waals surface area contributed by atoms with Crippen LogP contribution in [0.4, 0.5) is 0 Å². The predicted octanol–water partition coefficient (Wildman–Crippen LogP) is 1.36. The molecule has 0 bridgehead atoms. The monoisotopic (exact) mass is 264 g/mol. The van der Waals surface area contributed by atoms with Crippen LogP contribution in [0.2, 0.25) is 0 Å². The molecule has 2 heterocycles. The minimum absolute atomic E-state index is 0.0801. The largest absolute Gasteiger partial charge is 0.345 e. The Hall–Kier alpha value is -1.06. The minimum atomic E-state index is 0.0801. The van der Waals surface area contributed by atoms with Gasteiger partial charge in [0, 0.05) is 38.5 Å². The molecule has 0 aromatic carbocycles. The van der Waals surface area contributed by atoms with Crippen molar-refractivity contribution < 1.29 is 9.59 Å². The Morgan fingerprint density at radius 3 is 2.42 bits per heavy atom. The summed E-state index contributed by atoms with van der Waals surface area (Å²) in [5.41, 5.74) is 0. The van der Waals surface area contributed by atoms with Gasteiger partial charge in [-0.3, -0.25) is 9.59 Å². The summed E-state index contributed by atoms with van der Waals surface area (Å²) in [4.78, 5) is 28.3. The van der Waals surface area contributed by atoms with Gasteiger partial charge in [0.1, 0.15) is 0 Å². The van der Waals surface area contributed by atoms with Gasteiger partial charge in [-0.1, -0.05) is 6.92 Å². The molecule has 3 rings (SSSR count). The van der Waals surface area contributed by atoms with E-state index >= 15 is 0 Å². The Morgan fingerprint density at radius 2 is 1.79 bits per heavy atom. The van der Waals surface area contributed by atoms with Crippen molar-refractivity contribution in [2.24, 2.45) is 23.7 Å². The molecule has 2 amide bonds. The summed E-state index contributed by atoms with van der Waals surface area (Å²) in [6, 6.07) is 0. The molecular formula is C15H24N2O2. The van der Waals surface area contributed by atoms with E-state index in [1.807, 2.05) is 16.8 Å². The number of amides is 2. The van der Waals surface area contributed by atoms with Crippen molar-refractivity contribution in [1.29, 1.82) is 0 Å². The molecule has 2 atom stereocenters. The van der Waals surface area contributed by atoms with E-state index in [0.29, 0.717) is 18.4 Å². The van der Waals surface area contributed by atoms with E-state index in [2.05, 4.69) is 6.92 Å². The number of carbonyl (C=O) groups excluding carboxylic acids is 2. The fraction of sp³-hybridized carbons (Fsp3) is 0.867. The highest BCUT2D eigenvalue weighted by Gasteiger charge is 2.46. The Labute approximate surface area is 115 Å². The average molecular weight is 264 g/mol. The number of hydrogen-bond acceptors (Lipinski definition) is 2. The Balaban J connectivity index is 1.60. The molecule has 1 saturated carbocycles. The van der Waals surface area contributed by atoms with Crippen LogP contribution in [0.15, 0.2) is 0 Å². The van der Waals surface area contributed by atoms with Crippen LogP contribution in [0.25, 0.3) is 0 Å². The van der Waals surface area contributed by atoms with Gasteiger partial charge in [0.05, 0.1) is 5.92 Å². The zero-order chi connectivity index (χ0) is 13.6. The Kier molecular flexibility index (Phi) is 3.27. The Bertz CT molecular complexity index is 388. The van der Waals surface area contributed by atoms with E-state index in [1.54, 1.807) is 0 Å². The summed E-state index contributed by atoms with van der Waals surface area (Å²) in [5.74, 6) is 2.01. The van der Waals surface area contributed by atoms with Crippen molar-refractivity contribution in [3.8, 4) is 0 Å². The maximum absolute atomic E-state index is 12.5. The minimum Gasteiger partial charge on any atom is -0.345 e. The molecule has 3 fully saturated rings. The molecular weight excluding hydrogens is 240 g/mol. The molecule has 0 aromatic heterocycles. The van der Waals surface area contributed by atoms with Crippen LogP contribution in [-0.4, -0.2) is 48.3 Å². The van der Waals surface area contributed by atoms with E-state index < -0.39 is 0 Å². The van der Waals surface area contributed by atoms with Crippen LogP contribution in [0, 0.1) is 23.7 Å². The van der Waals surface area contributed by atoms with E-state index in [-0.39, 0.29) is 17.7 Å². The first-order chi connectivity index (χ1) is 9.06. The highest BCUT2D eigenvalue weighted by molar-refractivity contribution is 5.85. The second-order valence-electron chi connectivity index (χ2n) is 6.79.